The zero-order valence-electron chi connectivity index (χ0n) is 7.42. The van der Waals surface area contributed by atoms with Crippen LogP contribution in [0.25, 0.3) is 0 Å². The molecule has 0 aromatic rings. The number of hydrogen-bond acceptors (Lipinski definition) is 0. The molecular formula is C11H18. The summed E-state index contributed by atoms with van der Waals surface area (Å²) in [6.45, 7) is 2.49. The Labute approximate surface area is 69.4 Å². The first-order chi connectivity index (χ1) is 5.34. The highest BCUT2D eigenvalue weighted by molar-refractivity contribution is 4.98. The van der Waals surface area contributed by atoms with E-state index in [9.17, 15) is 0 Å². The molecule has 0 heteroatoms. The van der Waals surface area contributed by atoms with Crippen LogP contribution in [0.5, 0.6) is 0 Å². The molecule has 5 unspecified atom stereocenters. The molecule has 0 aromatic carbocycles. The lowest BCUT2D eigenvalue weighted by molar-refractivity contribution is 0.369. The van der Waals surface area contributed by atoms with Crippen molar-refractivity contribution in [2.75, 3.05) is 0 Å². The minimum absolute atomic E-state index is 1.08. The Morgan fingerprint density at radius 3 is 2.55 bits per heavy atom. The summed E-state index contributed by atoms with van der Waals surface area (Å²) in [5.41, 5.74) is 0. The molecular weight excluding hydrogens is 132 g/mol. The van der Waals surface area contributed by atoms with Crippen LogP contribution in [0.15, 0.2) is 0 Å². The molecule has 3 rings (SSSR count). The quantitative estimate of drug-likeness (QED) is 0.498. The highest BCUT2D eigenvalue weighted by Gasteiger charge is 2.48. The minimum atomic E-state index is 1.08. The van der Waals surface area contributed by atoms with Gasteiger partial charge in [0.2, 0.25) is 0 Å². The molecule has 0 bridgehead atoms. The Bertz CT molecular complexity index is 173. The van der Waals surface area contributed by atoms with Gasteiger partial charge < -0.3 is 0 Å². The van der Waals surface area contributed by atoms with Crippen LogP contribution in [0, 0.1) is 29.6 Å². The predicted octanol–water partition coefficient (Wildman–Crippen LogP) is 3.08. The van der Waals surface area contributed by atoms with Crippen molar-refractivity contribution in [3.63, 3.8) is 0 Å². The van der Waals surface area contributed by atoms with Gasteiger partial charge in [-0.2, -0.15) is 0 Å². The summed E-state index contributed by atoms with van der Waals surface area (Å²) in [7, 11) is 0. The van der Waals surface area contributed by atoms with Crippen LogP contribution in [0.3, 0.4) is 0 Å². The van der Waals surface area contributed by atoms with Gasteiger partial charge in [0, 0.05) is 0 Å². The van der Waals surface area contributed by atoms with E-state index in [0.29, 0.717) is 0 Å². The number of hydrogen-bond donors (Lipinski definition) is 0. The molecule has 3 saturated carbocycles. The highest BCUT2D eigenvalue weighted by atomic mass is 14.5. The third-order valence-corrected chi connectivity index (χ3v) is 4.36. The maximum atomic E-state index is 2.49. The Kier molecular flexibility index (Phi) is 1.20. The summed E-state index contributed by atoms with van der Waals surface area (Å²) in [4.78, 5) is 0. The molecule has 0 heterocycles. The van der Waals surface area contributed by atoms with Gasteiger partial charge in [0.15, 0.2) is 0 Å². The molecule has 0 radical (unpaired) electrons. The fourth-order valence-corrected chi connectivity index (χ4v) is 3.33. The van der Waals surface area contributed by atoms with Crippen LogP contribution in [-0.2, 0) is 0 Å². The summed E-state index contributed by atoms with van der Waals surface area (Å²) in [6.07, 6.45) is 7.91. The van der Waals surface area contributed by atoms with E-state index in [-0.39, 0.29) is 0 Å². The van der Waals surface area contributed by atoms with Crippen molar-refractivity contribution in [1.82, 2.24) is 0 Å². The topological polar surface area (TPSA) is 0 Å². The van der Waals surface area contributed by atoms with Crippen LogP contribution in [0.2, 0.25) is 0 Å². The number of rotatable bonds is 0. The van der Waals surface area contributed by atoms with Gasteiger partial charge >= 0.3 is 0 Å². The zero-order valence-corrected chi connectivity index (χ0v) is 7.42. The van der Waals surface area contributed by atoms with Gasteiger partial charge in [-0.15, -0.1) is 0 Å². The van der Waals surface area contributed by atoms with E-state index in [1.807, 2.05) is 0 Å². The number of fused-ring (bicyclic) bond motifs is 2. The molecule has 3 fully saturated rings. The van der Waals surface area contributed by atoms with Gasteiger partial charge in [-0.25, -0.2) is 0 Å². The summed E-state index contributed by atoms with van der Waals surface area (Å²) in [6, 6.07) is 0. The molecule has 0 nitrogen and oxygen atoms in total. The van der Waals surface area contributed by atoms with E-state index < -0.39 is 0 Å². The molecule has 11 heavy (non-hydrogen) atoms. The van der Waals surface area contributed by atoms with Crippen LogP contribution in [0.4, 0.5) is 0 Å². The third kappa shape index (κ3) is 1.02. The van der Waals surface area contributed by atoms with E-state index in [1.54, 1.807) is 32.1 Å². The fraction of sp³-hybridized carbons (Fsp3) is 1.00. The molecule has 0 aliphatic heterocycles. The summed E-state index contributed by atoms with van der Waals surface area (Å²) in [5.74, 6) is 5.77. The average molecular weight is 150 g/mol. The Hall–Kier alpha value is 0. The Morgan fingerprint density at radius 1 is 0.818 bits per heavy atom. The zero-order chi connectivity index (χ0) is 7.42. The molecule has 0 N–H and O–H groups in total. The molecule has 0 amide bonds. The van der Waals surface area contributed by atoms with E-state index in [4.69, 9.17) is 0 Å². The van der Waals surface area contributed by atoms with Crippen molar-refractivity contribution in [1.29, 1.82) is 0 Å². The van der Waals surface area contributed by atoms with E-state index in [2.05, 4.69) is 6.92 Å². The SMILES string of the molecule is CC1CC2CC2CCC2CC12. The van der Waals surface area contributed by atoms with Crippen molar-refractivity contribution >= 4 is 0 Å². The summed E-state index contributed by atoms with van der Waals surface area (Å²) >= 11 is 0. The first kappa shape index (κ1) is 6.51. The van der Waals surface area contributed by atoms with Crippen molar-refractivity contribution in [2.24, 2.45) is 29.6 Å². The molecule has 0 spiro atoms. The van der Waals surface area contributed by atoms with E-state index >= 15 is 0 Å². The smallest absolute Gasteiger partial charge is 0.0357 e. The highest BCUT2D eigenvalue weighted by Crippen LogP contribution is 2.57. The first-order valence-electron chi connectivity index (χ1n) is 5.34. The molecule has 3 aliphatic rings. The second-order valence-corrected chi connectivity index (χ2v) is 5.21. The Balaban J connectivity index is 1.71. The van der Waals surface area contributed by atoms with Gasteiger partial charge in [0.1, 0.15) is 0 Å². The molecule has 0 saturated heterocycles. The van der Waals surface area contributed by atoms with Gasteiger partial charge in [0.05, 0.1) is 0 Å². The van der Waals surface area contributed by atoms with Crippen LogP contribution < -0.4 is 0 Å². The molecule has 62 valence electrons. The van der Waals surface area contributed by atoms with Crippen molar-refractivity contribution in [2.45, 2.75) is 39.0 Å². The lowest BCUT2D eigenvalue weighted by atomic mass is 9.92. The van der Waals surface area contributed by atoms with Crippen molar-refractivity contribution in [3.05, 3.63) is 0 Å². The monoisotopic (exact) mass is 150 g/mol. The van der Waals surface area contributed by atoms with Gasteiger partial charge in [-0.05, 0) is 61.7 Å². The first-order valence-corrected chi connectivity index (χ1v) is 5.34. The molecule has 3 aliphatic carbocycles. The predicted molar refractivity (Wildman–Crippen MR) is 46.2 cm³/mol. The minimum Gasteiger partial charge on any atom is -0.0622 e. The van der Waals surface area contributed by atoms with Gasteiger partial charge in [-0.1, -0.05) is 6.92 Å². The second kappa shape index (κ2) is 2.02. The fourth-order valence-electron chi connectivity index (χ4n) is 3.33. The molecule has 0 aromatic heterocycles. The van der Waals surface area contributed by atoms with Crippen LogP contribution >= 0.6 is 0 Å². The standard InChI is InChI=1S/C11H18/c1-7-4-10-5-8(10)2-3-9-6-11(7)9/h7-11H,2-6H2,1H3. The van der Waals surface area contributed by atoms with E-state index in [1.165, 1.54) is 17.8 Å². The van der Waals surface area contributed by atoms with Crippen LogP contribution in [0.1, 0.15) is 39.0 Å². The Morgan fingerprint density at radius 2 is 1.64 bits per heavy atom. The normalized spacial score (nSPS) is 60.3. The van der Waals surface area contributed by atoms with E-state index in [0.717, 1.165) is 11.8 Å². The summed E-state index contributed by atoms with van der Waals surface area (Å²) < 4.78 is 0. The summed E-state index contributed by atoms with van der Waals surface area (Å²) in [5, 5.41) is 0. The maximum absolute atomic E-state index is 2.49. The largest absolute Gasteiger partial charge is 0.0622 e. The van der Waals surface area contributed by atoms with Gasteiger partial charge in [0.25, 0.3) is 0 Å². The second-order valence-electron chi connectivity index (χ2n) is 5.21. The lowest BCUT2D eigenvalue weighted by Crippen LogP contribution is -2.04. The van der Waals surface area contributed by atoms with Gasteiger partial charge in [-0.3, -0.25) is 0 Å². The average Bonchev–Trinajstić information content (AvgIpc) is 2.76. The van der Waals surface area contributed by atoms with Crippen molar-refractivity contribution in [3.8, 4) is 0 Å². The maximum Gasteiger partial charge on any atom is -0.0357 e. The third-order valence-electron chi connectivity index (χ3n) is 4.36. The lowest BCUT2D eigenvalue weighted by Gasteiger charge is -2.13. The molecule has 5 atom stereocenters. The van der Waals surface area contributed by atoms with Crippen LogP contribution in [-0.4, -0.2) is 0 Å². The van der Waals surface area contributed by atoms with Crippen molar-refractivity contribution < 1.29 is 0 Å².